The number of imidazole rings is 1. The molecule has 9 nitrogen and oxygen atoms in total. The molecule has 5 aromatic rings. The van der Waals surface area contributed by atoms with E-state index in [1.165, 1.54) is 4.57 Å². The number of hydrogen-bond donors (Lipinski definition) is 1. The van der Waals surface area contributed by atoms with Gasteiger partial charge in [-0.2, -0.15) is 5.26 Å². The van der Waals surface area contributed by atoms with Crippen LogP contribution < -0.4 is 5.76 Å². The second-order valence-corrected chi connectivity index (χ2v) is 8.89. The van der Waals surface area contributed by atoms with E-state index in [1.54, 1.807) is 6.20 Å². The normalized spacial score (nSPS) is 18.4. The van der Waals surface area contributed by atoms with Gasteiger partial charge in [-0.05, 0) is 37.7 Å². The van der Waals surface area contributed by atoms with E-state index in [9.17, 15) is 4.79 Å². The molecule has 1 fully saturated rings. The van der Waals surface area contributed by atoms with E-state index >= 15 is 0 Å². The van der Waals surface area contributed by atoms with Crippen molar-refractivity contribution in [2.45, 2.75) is 44.7 Å². The minimum atomic E-state index is -0.514. The molecule has 0 radical (unpaired) electrons. The zero-order valence-electron chi connectivity index (χ0n) is 18.5. The number of H-pyrrole nitrogens is 1. The second kappa shape index (κ2) is 8.30. The highest BCUT2D eigenvalue weighted by Crippen LogP contribution is 2.38. The molecule has 0 spiro atoms. The van der Waals surface area contributed by atoms with Crippen molar-refractivity contribution in [3.63, 3.8) is 0 Å². The Kier molecular flexibility index (Phi) is 4.99. The SMILES string of the molecule is N#CC[C@H]1CC[C@H](n2c(Cn3c(-c4ccccc4)noc3=O)nc3cnc4[nH]ccc4c32)CC1. The molecule has 1 aliphatic rings. The summed E-state index contributed by atoms with van der Waals surface area (Å²) in [4.78, 5) is 25.3. The van der Waals surface area contributed by atoms with Crippen LogP contribution >= 0.6 is 0 Å². The lowest BCUT2D eigenvalue weighted by atomic mass is 9.84. The zero-order chi connectivity index (χ0) is 23.1. The molecule has 1 N–H and O–H groups in total. The average Bonchev–Trinajstić information content (AvgIpc) is 3.58. The van der Waals surface area contributed by atoms with Crippen LogP contribution in [0.5, 0.6) is 0 Å². The van der Waals surface area contributed by atoms with Crippen LogP contribution in [-0.2, 0) is 6.54 Å². The van der Waals surface area contributed by atoms with Gasteiger partial charge in [0, 0.05) is 29.6 Å². The number of fused-ring (bicyclic) bond motifs is 3. The van der Waals surface area contributed by atoms with Crippen LogP contribution in [-0.4, -0.2) is 29.2 Å². The Morgan fingerprint density at radius 1 is 1.15 bits per heavy atom. The van der Waals surface area contributed by atoms with Gasteiger partial charge < -0.3 is 9.55 Å². The van der Waals surface area contributed by atoms with Gasteiger partial charge in [0.1, 0.15) is 17.0 Å². The first-order valence-electron chi connectivity index (χ1n) is 11.5. The molecule has 0 saturated heterocycles. The minimum Gasteiger partial charge on any atom is -0.346 e. The largest absolute Gasteiger partial charge is 0.442 e. The Morgan fingerprint density at radius 3 is 2.76 bits per heavy atom. The Labute approximate surface area is 194 Å². The van der Waals surface area contributed by atoms with Gasteiger partial charge in [-0.15, -0.1) is 0 Å². The molecule has 0 atom stereocenters. The van der Waals surface area contributed by atoms with Crippen molar-refractivity contribution >= 4 is 22.1 Å². The summed E-state index contributed by atoms with van der Waals surface area (Å²) in [6.45, 7) is 0.241. The van der Waals surface area contributed by atoms with Crippen LogP contribution in [0.25, 0.3) is 33.5 Å². The molecule has 6 rings (SSSR count). The lowest BCUT2D eigenvalue weighted by molar-refractivity contribution is 0.276. The number of rotatable bonds is 5. The molecule has 0 bridgehead atoms. The highest BCUT2D eigenvalue weighted by Gasteiger charge is 2.28. The molecule has 1 aliphatic carbocycles. The first-order chi connectivity index (χ1) is 16.7. The molecule has 4 aromatic heterocycles. The fourth-order valence-corrected chi connectivity index (χ4v) is 5.23. The molecule has 0 amide bonds. The molecule has 1 saturated carbocycles. The molecular formula is C25H23N7O2. The van der Waals surface area contributed by atoms with Crippen molar-refractivity contribution in [1.29, 1.82) is 5.26 Å². The first kappa shape index (κ1) is 20.4. The van der Waals surface area contributed by atoms with Crippen molar-refractivity contribution in [1.82, 2.24) is 29.2 Å². The van der Waals surface area contributed by atoms with Gasteiger partial charge in [-0.25, -0.2) is 19.3 Å². The number of hydrogen-bond acceptors (Lipinski definition) is 6. The predicted octanol–water partition coefficient (Wildman–Crippen LogP) is 4.42. The fraction of sp³-hybridized carbons (Fsp3) is 0.320. The number of nitrogens with zero attached hydrogens (tertiary/aromatic N) is 6. The van der Waals surface area contributed by atoms with Crippen molar-refractivity contribution in [2.75, 3.05) is 0 Å². The summed E-state index contributed by atoms with van der Waals surface area (Å²) in [7, 11) is 0. The Hall–Kier alpha value is -4.19. The van der Waals surface area contributed by atoms with Gasteiger partial charge in [-0.1, -0.05) is 35.5 Å². The van der Waals surface area contributed by atoms with Gasteiger partial charge in [-0.3, -0.25) is 4.52 Å². The van der Waals surface area contributed by atoms with Crippen LogP contribution in [0.2, 0.25) is 0 Å². The van der Waals surface area contributed by atoms with E-state index in [0.717, 1.165) is 59.1 Å². The molecule has 1 aromatic carbocycles. The van der Waals surface area contributed by atoms with Crippen LogP contribution in [0.3, 0.4) is 0 Å². The molecular weight excluding hydrogens is 430 g/mol. The lowest BCUT2D eigenvalue weighted by Crippen LogP contribution is -2.23. The van der Waals surface area contributed by atoms with E-state index in [1.807, 2.05) is 42.6 Å². The van der Waals surface area contributed by atoms with Crippen LogP contribution in [0.15, 0.2) is 58.1 Å². The van der Waals surface area contributed by atoms with Gasteiger partial charge in [0.25, 0.3) is 0 Å². The average molecular weight is 454 g/mol. The third kappa shape index (κ3) is 3.39. The monoisotopic (exact) mass is 453 g/mol. The number of nitrogens with one attached hydrogen (secondary N) is 1. The molecule has 9 heteroatoms. The first-order valence-corrected chi connectivity index (χ1v) is 11.5. The van der Waals surface area contributed by atoms with E-state index in [0.29, 0.717) is 18.2 Å². The Morgan fingerprint density at radius 2 is 1.97 bits per heavy atom. The minimum absolute atomic E-state index is 0.228. The van der Waals surface area contributed by atoms with E-state index in [2.05, 4.69) is 25.8 Å². The van der Waals surface area contributed by atoms with Gasteiger partial charge >= 0.3 is 5.76 Å². The summed E-state index contributed by atoms with van der Waals surface area (Å²) in [5.74, 6) is 1.18. The highest BCUT2D eigenvalue weighted by molar-refractivity contribution is 6.01. The summed E-state index contributed by atoms with van der Waals surface area (Å²) < 4.78 is 8.87. The molecule has 0 aliphatic heterocycles. The zero-order valence-corrected chi connectivity index (χ0v) is 18.5. The van der Waals surface area contributed by atoms with E-state index in [4.69, 9.17) is 14.8 Å². The van der Waals surface area contributed by atoms with E-state index < -0.39 is 5.76 Å². The summed E-state index contributed by atoms with van der Waals surface area (Å²) in [6.07, 6.45) is 8.20. The third-order valence-corrected chi connectivity index (χ3v) is 6.89. The highest BCUT2D eigenvalue weighted by atomic mass is 16.5. The number of nitriles is 1. The van der Waals surface area contributed by atoms with Crippen molar-refractivity contribution in [3.05, 3.63) is 65.2 Å². The number of aromatic amines is 1. The molecule has 0 unspecified atom stereocenters. The van der Waals surface area contributed by atoms with Crippen molar-refractivity contribution < 1.29 is 4.52 Å². The summed E-state index contributed by atoms with van der Waals surface area (Å²) in [5.41, 5.74) is 3.44. The van der Waals surface area contributed by atoms with E-state index in [-0.39, 0.29) is 12.6 Å². The van der Waals surface area contributed by atoms with Crippen LogP contribution in [0, 0.1) is 17.2 Å². The molecule has 170 valence electrons. The third-order valence-electron chi connectivity index (χ3n) is 6.89. The topological polar surface area (TPSA) is 118 Å². The quantitative estimate of drug-likeness (QED) is 0.421. The van der Waals surface area contributed by atoms with Gasteiger partial charge in [0.2, 0.25) is 0 Å². The second-order valence-electron chi connectivity index (χ2n) is 8.89. The Bertz CT molecular complexity index is 1560. The van der Waals surface area contributed by atoms with Crippen molar-refractivity contribution in [3.8, 4) is 17.5 Å². The lowest BCUT2D eigenvalue weighted by Gasteiger charge is -2.30. The summed E-state index contributed by atoms with van der Waals surface area (Å²) in [6, 6.07) is 14.1. The summed E-state index contributed by atoms with van der Waals surface area (Å²) in [5, 5.41) is 14.2. The predicted molar refractivity (Wildman–Crippen MR) is 126 cm³/mol. The molecule has 34 heavy (non-hydrogen) atoms. The van der Waals surface area contributed by atoms with Gasteiger partial charge in [0.15, 0.2) is 5.82 Å². The number of aromatic nitrogens is 6. The maximum Gasteiger partial charge on any atom is 0.442 e. The standard InChI is InChI=1S/C25H23N7O2/c26-12-10-16-6-8-18(9-7-16)32-21(29-20-14-28-23-19(22(20)32)11-13-27-23)15-31-24(30-34-25(31)33)17-4-2-1-3-5-17/h1-5,11,13-14,16,18H,6-10,15H2,(H,27,28)/t16-,18-. The number of pyridine rings is 1. The van der Waals surface area contributed by atoms with Crippen molar-refractivity contribution in [2.24, 2.45) is 5.92 Å². The van der Waals surface area contributed by atoms with Gasteiger partial charge in [0.05, 0.1) is 24.3 Å². The maximum absolute atomic E-state index is 12.7. The Balaban J connectivity index is 1.48. The molecule has 4 heterocycles. The number of benzene rings is 1. The maximum atomic E-state index is 12.7. The fourth-order valence-electron chi connectivity index (χ4n) is 5.23. The van der Waals surface area contributed by atoms with Crippen LogP contribution in [0.1, 0.15) is 44.0 Å². The smallest absolute Gasteiger partial charge is 0.346 e. The summed E-state index contributed by atoms with van der Waals surface area (Å²) >= 11 is 0. The van der Waals surface area contributed by atoms with Crippen LogP contribution in [0.4, 0.5) is 0 Å².